The molecule has 23 heavy (non-hydrogen) atoms. The Labute approximate surface area is 140 Å². The highest BCUT2D eigenvalue weighted by Crippen LogP contribution is 2.26. The number of hydrogen-bond acceptors (Lipinski definition) is 6. The Hall–Kier alpha value is -1.50. The van der Waals surface area contributed by atoms with E-state index in [0.29, 0.717) is 12.0 Å². The van der Waals surface area contributed by atoms with E-state index in [4.69, 9.17) is 4.74 Å². The van der Waals surface area contributed by atoms with E-state index in [9.17, 15) is 0 Å². The number of piperidine rings is 1. The van der Waals surface area contributed by atoms with Gasteiger partial charge in [-0.15, -0.1) is 11.3 Å². The predicted molar refractivity (Wildman–Crippen MR) is 91.7 cm³/mol. The SMILES string of the molecule is c1cnc(N2CCOC3CN(Cc4cccs4)CCC3C2)nc1. The molecule has 0 N–H and O–H groups in total. The van der Waals surface area contributed by atoms with Gasteiger partial charge in [-0.05, 0) is 30.5 Å². The molecule has 122 valence electrons. The van der Waals surface area contributed by atoms with Gasteiger partial charge in [0.15, 0.2) is 0 Å². The number of likely N-dealkylation sites (tertiary alicyclic amines) is 1. The first-order chi connectivity index (χ1) is 11.4. The van der Waals surface area contributed by atoms with Crippen molar-refractivity contribution in [3.63, 3.8) is 0 Å². The van der Waals surface area contributed by atoms with Gasteiger partial charge in [0, 0.05) is 49.4 Å². The van der Waals surface area contributed by atoms with Crippen molar-refractivity contribution in [2.45, 2.75) is 19.1 Å². The van der Waals surface area contributed by atoms with Gasteiger partial charge >= 0.3 is 0 Å². The molecule has 0 radical (unpaired) electrons. The third-order valence-corrected chi connectivity index (χ3v) is 5.58. The standard InChI is InChI=1S/C17H22N4OS/c1-3-15(23-10-1)12-20-7-4-14-11-21(8-9-22-16(14)13-20)17-18-5-2-6-19-17/h1-3,5-6,10,14,16H,4,7-9,11-13H2. The summed E-state index contributed by atoms with van der Waals surface area (Å²) in [7, 11) is 0. The zero-order valence-corrected chi connectivity index (χ0v) is 14.0. The lowest BCUT2D eigenvalue weighted by Gasteiger charge is -2.37. The summed E-state index contributed by atoms with van der Waals surface area (Å²) >= 11 is 1.84. The number of rotatable bonds is 3. The van der Waals surface area contributed by atoms with E-state index in [2.05, 4.69) is 37.3 Å². The van der Waals surface area contributed by atoms with E-state index in [-0.39, 0.29) is 0 Å². The van der Waals surface area contributed by atoms with E-state index in [1.807, 2.05) is 29.8 Å². The first kappa shape index (κ1) is 15.1. The Morgan fingerprint density at radius 2 is 2.09 bits per heavy atom. The van der Waals surface area contributed by atoms with Gasteiger partial charge in [0.1, 0.15) is 0 Å². The van der Waals surface area contributed by atoms with Gasteiger partial charge in [0.2, 0.25) is 5.95 Å². The van der Waals surface area contributed by atoms with E-state index < -0.39 is 0 Å². The lowest BCUT2D eigenvalue weighted by molar-refractivity contribution is -0.0236. The van der Waals surface area contributed by atoms with E-state index >= 15 is 0 Å². The topological polar surface area (TPSA) is 41.5 Å². The molecule has 6 heteroatoms. The van der Waals surface area contributed by atoms with Crippen molar-refractivity contribution >= 4 is 17.3 Å². The summed E-state index contributed by atoms with van der Waals surface area (Å²) in [6, 6.07) is 6.22. The smallest absolute Gasteiger partial charge is 0.225 e. The first-order valence-corrected chi connectivity index (χ1v) is 9.15. The number of thiophene rings is 1. The third-order valence-electron chi connectivity index (χ3n) is 4.72. The van der Waals surface area contributed by atoms with Crippen molar-refractivity contribution in [1.29, 1.82) is 0 Å². The number of ether oxygens (including phenoxy) is 1. The van der Waals surface area contributed by atoms with E-state index in [0.717, 1.165) is 45.3 Å². The molecule has 2 aliphatic rings. The van der Waals surface area contributed by atoms with Gasteiger partial charge in [0.05, 0.1) is 12.7 Å². The summed E-state index contributed by atoms with van der Waals surface area (Å²) in [5.41, 5.74) is 0. The molecule has 2 aromatic heterocycles. The highest BCUT2D eigenvalue weighted by Gasteiger charge is 2.34. The van der Waals surface area contributed by atoms with Crippen LogP contribution in [-0.4, -0.2) is 53.8 Å². The number of anilines is 1. The molecule has 4 heterocycles. The van der Waals surface area contributed by atoms with Crippen LogP contribution in [0.5, 0.6) is 0 Å². The molecule has 0 spiro atoms. The number of hydrogen-bond donors (Lipinski definition) is 0. The Balaban J connectivity index is 1.40. The predicted octanol–water partition coefficient (Wildman–Crippen LogP) is 2.27. The second-order valence-electron chi connectivity index (χ2n) is 6.27. The number of nitrogens with zero attached hydrogens (tertiary/aromatic N) is 4. The zero-order chi connectivity index (χ0) is 15.5. The molecule has 2 atom stereocenters. The van der Waals surface area contributed by atoms with Crippen LogP contribution in [-0.2, 0) is 11.3 Å². The Bertz CT molecular complexity index is 606. The fourth-order valence-corrected chi connectivity index (χ4v) is 4.26. The molecular formula is C17H22N4OS. The Morgan fingerprint density at radius 3 is 2.91 bits per heavy atom. The number of aromatic nitrogens is 2. The van der Waals surface area contributed by atoms with Crippen LogP contribution in [0.3, 0.4) is 0 Å². The largest absolute Gasteiger partial charge is 0.375 e. The highest BCUT2D eigenvalue weighted by atomic mass is 32.1. The minimum atomic E-state index is 0.331. The molecule has 2 fully saturated rings. The molecule has 5 nitrogen and oxygen atoms in total. The highest BCUT2D eigenvalue weighted by molar-refractivity contribution is 7.09. The zero-order valence-electron chi connectivity index (χ0n) is 13.2. The Kier molecular flexibility index (Phi) is 4.55. The fraction of sp³-hybridized carbons (Fsp3) is 0.529. The maximum absolute atomic E-state index is 6.17. The molecular weight excluding hydrogens is 308 g/mol. The lowest BCUT2D eigenvalue weighted by Crippen LogP contribution is -2.46. The minimum absolute atomic E-state index is 0.331. The molecule has 4 rings (SSSR count). The van der Waals surface area contributed by atoms with Crippen molar-refractivity contribution in [3.8, 4) is 0 Å². The molecule has 2 aromatic rings. The molecule has 0 aliphatic carbocycles. The molecule has 0 bridgehead atoms. The van der Waals surface area contributed by atoms with Gasteiger partial charge in [-0.2, -0.15) is 0 Å². The Morgan fingerprint density at radius 1 is 1.17 bits per heavy atom. The van der Waals surface area contributed by atoms with Gasteiger partial charge in [0.25, 0.3) is 0 Å². The molecule has 2 saturated heterocycles. The minimum Gasteiger partial charge on any atom is -0.375 e. The van der Waals surface area contributed by atoms with Crippen LogP contribution < -0.4 is 4.90 Å². The van der Waals surface area contributed by atoms with Crippen molar-refractivity contribution in [1.82, 2.24) is 14.9 Å². The number of fused-ring (bicyclic) bond motifs is 1. The summed E-state index contributed by atoms with van der Waals surface area (Å²) < 4.78 is 6.17. The summed E-state index contributed by atoms with van der Waals surface area (Å²) in [5, 5.41) is 2.15. The van der Waals surface area contributed by atoms with Crippen LogP contribution in [0, 0.1) is 5.92 Å². The third kappa shape index (κ3) is 3.54. The van der Waals surface area contributed by atoms with Crippen molar-refractivity contribution in [2.24, 2.45) is 5.92 Å². The van der Waals surface area contributed by atoms with Crippen LogP contribution in [0.1, 0.15) is 11.3 Å². The second kappa shape index (κ2) is 6.95. The molecule has 0 amide bonds. The van der Waals surface area contributed by atoms with Gasteiger partial charge < -0.3 is 9.64 Å². The summed E-state index contributed by atoms with van der Waals surface area (Å²) in [6.07, 6.45) is 5.14. The van der Waals surface area contributed by atoms with Gasteiger partial charge in [-0.1, -0.05) is 6.07 Å². The first-order valence-electron chi connectivity index (χ1n) is 8.27. The van der Waals surface area contributed by atoms with Gasteiger partial charge in [-0.25, -0.2) is 9.97 Å². The van der Waals surface area contributed by atoms with Crippen molar-refractivity contribution < 1.29 is 4.74 Å². The quantitative estimate of drug-likeness (QED) is 0.863. The van der Waals surface area contributed by atoms with Crippen molar-refractivity contribution in [3.05, 3.63) is 40.8 Å². The normalized spacial score (nSPS) is 25.8. The average molecular weight is 330 g/mol. The fourth-order valence-electron chi connectivity index (χ4n) is 3.52. The summed E-state index contributed by atoms with van der Waals surface area (Å²) in [6.45, 7) is 5.86. The van der Waals surface area contributed by atoms with Crippen molar-refractivity contribution in [2.75, 3.05) is 37.7 Å². The molecule has 2 unspecified atom stereocenters. The van der Waals surface area contributed by atoms with Crippen LogP contribution in [0.2, 0.25) is 0 Å². The maximum Gasteiger partial charge on any atom is 0.225 e. The van der Waals surface area contributed by atoms with Crippen LogP contribution in [0.15, 0.2) is 36.0 Å². The monoisotopic (exact) mass is 330 g/mol. The summed E-state index contributed by atoms with van der Waals surface area (Å²) in [5.74, 6) is 1.40. The summed E-state index contributed by atoms with van der Waals surface area (Å²) in [4.78, 5) is 15.0. The van der Waals surface area contributed by atoms with Gasteiger partial charge in [-0.3, -0.25) is 4.90 Å². The second-order valence-corrected chi connectivity index (χ2v) is 7.30. The van der Waals surface area contributed by atoms with E-state index in [1.165, 1.54) is 11.3 Å². The maximum atomic E-state index is 6.17. The van der Waals surface area contributed by atoms with Crippen LogP contribution in [0.25, 0.3) is 0 Å². The van der Waals surface area contributed by atoms with Crippen LogP contribution in [0.4, 0.5) is 5.95 Å². The molecule has 0 saturated carbocycles. The van der Waals surface area contributed by atoms with Crippen LogP contribution >= 0.6 is 11.3 Å². The lowest BCUT2D eigenvalue weighted by atomic mass is 9.93. The van der Waals surface area contributed by atoms with E-state index in [1.54, 1.807) is 0 Å². The average Bonchev–Trinajstić information content (AvgIpc) is 3.00. The molecule has 2 aliphatic heterocycles. The molecule has 0 aromatic carbocycles.